The lowest BCUT2D eigenvalue weighted by Crippen LogP contribution is -2.27. The molecule has 0 aromatic heterocycles. The minimum Gasteiger partial charge on any atom is -0.348 e. The van der Waals surface area contributed by atoms with Crippen LogP contribution in [0.15, 0.2) is 48.6 Å². The number of hydrogen-bond donors (Lipinski definition) is 1. The number of nitrogens with one attached hydrogen (secondary N) is 1. The second kappa shape index (κ2) is 5.91. The molecule has 18 heavy (non-hydrogen) atoms. The summed E-state index contributed by atoms with van der Waals surface area (Å²) in [6.07, 6.45) is 0. The first-order valence-corrected chi connectivity index (χ1v) is 5.33. The first-order valence-electron chi connectivity index (χ1n) is 5.33. The number of ketones is 1. The number of benzene rings is 1. The average molecular weight is 247 g/mol. The molecule has 1 N–H and O–H groups in total. The molecule has 1 rings (SSSR count). The van der Waals surface area contributed by atoms with E-state index in [4.69, 9.17) is 0 Å². The topological polar surface area (TPSA) is 46.2 Å². The Morgan fingerprint density at radius 2 is 1.78 bits per heavy atom. The number of amides is 1. The molecule has 0 radical (unpaired) electrons. The van der Waals surface area contributed by atoms with E-state index in [9.17, 15) is 14.0 Å². The first-order chi connectivity index (χ1) is 8.41. The van der Waals surface area contributed by atoms with Crippen molar-refractivity contribution in [3.8, 4) is 0 Å². The SMILES string of the molecule is C=C(C)C(=O)C(=C)C(=O)NCc1ccc(F)cc1. The van der Waals surface area contributed by atoms with Crippen LogP contribution in [0, 0.1) is 5.82 Å². The molecule has 0 saturated carbocycles. The highest BCUT2D eigenvalue weighted by molar-refractivity contribution is 6.24. The van der Waals surface area contributed by atoms with Crippen molar-refractivity contribution >= 4 is 11.7 Å². The van der Waals surface area contributed by atoms with E-state index in [-0.39, 0.29) is 23.5 Å². The highest BCUT2D eigenvalue weighted by atomic mass is 19.1. The van der Waals surface area contributed by atoms with Crippen LogP contribution in [0.4, 0.5) is 4.39 Å². The third-order valence-electron chi connectivity index (χ3n) is 2.30. The van der Waals surface area contributed by atoms with E-state index in [1.54, 1.807) is 12.1 Å². The normalized spacial score (nSPS) is 9.67. The van der Waals surface area contributed by atoms with Crippen LogP contribution in [0.25, 0.3) is 0 Å². The van der Waals surface area contributed by atoms with Crippen molar-refractivity contribution in [2.45, 2.75) is 13.5 Å². The van der Waals surface area contributed by atoms with Crippen molar-refractivity contribution in [1.29, 1.82) is 0 Å². The second-order valence-corrected chi connectivity index (χ2v) is 3.90. The van der Waals surface area contributed by atoms with Crippen molar-refractivity contribution in [2.75, 3.05) is 0 Å². The van der Waals surface area contributed by atoms with Crippen LogP contribution < -0.4 is 5.32 Å². The summed E-state index contributed by atoms with van der Waals surface area (Å²) in [6, 6.07) is 5.71. The van der Waals surface area contributed by atoms with Gasteiger partial charge in [0.05, 0.1) is 5.57 Å². The van der Waals surface area contributed by atoms with Crippen LogP contribution in [0.2, 0.25) is 0 Å². The minimum absolute atomic E-state index is 0.149. The summed E-state index contributed by atoms with van der Waals surface area (Å²) < 4.78 is 12.7. The maximum Gasteiger partial charge on any atom is 0.254 e. The predicted molar refractivity (Wildman–Crippen MR) is 67.2 cm³/mol. The molecule has 4 heteroatoms. The zero-order valence-electron chi connectivity index (χ0n) is 10.1. The van der Waals surface area contributed by atoms with Crippen molar-refractivity contribution in [3.05, 3.63) is 60.0 Å². The molecule has 0 heterocycles. The molecule has 0 unspecified atom stereocenters. The number of carbonyl (C=O) groups is 2. The fraction of sp³-hybridized carbons (Fsp3) is 0.143. The van der Waals surface area contributed by atoms with Gasteiger partial charge in [-0.2, -0.15) is 0 Å². The van der Waals surface area contributed by atoms with Gasteiger partial charge >= 0.3 is 0 Å². The van der Waals surface area contributed by atoms with E-state index < -0.39 is 11.7 Å². The lowest BCUT2D eigenvalue weighted by atomic mass is 10.1. The Labute approximate surface area is 105 Å². The van der Waals surface area contributed by atoms with Gasteiger partial charge in [-0.05, 0) is 30.2 Å². The number of halogens is 1. The molecule has 0 fully saturated rings. The van der Waals surface area contributed by atoms with Crippen LogP contribution in [0.3, 0.4) is 0 Å². The summed E-state index contributed by atoms with van der Waals surface area (Å²) >= 11 is 0. The van der Waals surface area contributed by atoms with Gasteiger partial charge in [0.2, 0.25) is 0 Å². The number of Topliss-reactive ketones (excluding diaryl/α,β-unsaturated/α-hetero) is 1. The molecule has 1 amide bonds. The standard InChI is InChI=1S/C14H14FNO2/c1-9(2)13(17)10(3)14(18)16-8-11-4-6-12(15)7-5-11/h4-7H,1,3,8H2,2H3,(H,16,18). The van der Waals surface area contributed by atoms with Crippen molar-refractivity contribution in [2.24, 2.45) is 0 Å². The molecular formula is C14H14FNO2. The molecule has 0 aliphatic carbocycles. The molecule has 1 aromatic rings. The second-order valence-electron chi connectivity index (χ2n) is 3.90. The summed E-state index contributed by atoms with van der Waals surface area (Å²) in [4.78, 5) is 23.0. The largest absolute Gasteiger partial charge is 0.348 e. The Kier molecular flexibility index (Phi) is 4.54. The molecule has 94 valence electrons. The number of hydrogen-bond acceptors (Lipinski definition) is 2. The molecular weight excluding hydrogens is 233 g/mol. The van der Waals surface area contributed by atoms with Gasteiger partial charge in [-0.1, -0.05) is 25.3 Å². The van der Waals surface area contributed by atoms with Crippen LogP contribution in [0.5, 0.6) is 0 Å². The van der Waals surface area contributed by atoms with Gasteiger partial charge in [0.15, 0.2) is 5.78 Å². The molecule has 0 aliphatic rings. The molecule has 0 bridgehead atoms. The van der Waals surface area contributed by atoms with Crippen molar-refractivity contribution < 1.29 is 14.0 Å². The highest BCUT2D eigenvalue weighted by Gasteiger charge is 2.15. The zero-order chi connectivity index (χ0) is 13.7. The van der Waals surface area contributed by atoms with Gasteiger partial charge in [-0.15, -0.1) is 0 Å². The molecule has 0 aliphatic heterocycles. The number of rotatable bonds is 5. The summed E-state index contributed by atoms with van der Waals surface area (Å²) in [5, 5.41) is 2.53. The van der Waals surface area contributed by atoms with Crippen LogP contribution >= 0.6 is 0 Å². The molecule has 0 spiro atoms. The van der Waals surface area contributed by atoms with E-state index >= 15 is 0 Å². The fourth-order valence-corrected chi connectivity index (χ4v) is 1.25. The van der Waals surface area contributed by atoms with E-state index in [0.717, 1.165) is 5.56 Å². The van der Waals surface area contributed by atoms with E-state index in [0.29, 0.717) is 0 Å². The van der Waals surface area contributed by atoms with Gasteiger partial charge in [0.1, 0.15) is 5.82 Å². The Morgan fingerprint density at radius 3 is 2.28 bits per heavy atom. The monoisotopic (exact) mass is 247 g/mol. The van der Waals surface area contributed by atoms with Gasteiger partial charge in [0.25, 0.3) is 5.91 Å². The summed E-state index contributed by atoms with van der Waals surface area (Å²) in [6.45, 7) is 8.60. The lowest BCUT2D eigenvalue weighted by molar-refractivity contribution is -0.121. The van der Waals surface area contributed by atoms with Gasteiger partial charge in [0, 0.05) is 6.54 Å². The first kappa shape index (κ1) is 13.8. The Hall–Kier alpha value is -2.23. The van der Waals surface area contributed by atoms with Gasteiger partial charge in [-0.25, -0.2) is 4.39 Å². The molecule has 3 nitrogen and oxygen atoms in total. The third kappa shape index (κ3) is 3.66. The van der Waals surface area contributed by atoms with E-state index in [1.165, 1.54) is 19.1 Å². The van der Waals surface area contributed by atoms with Crippen LogP contribution in [-0.2, 0) is 16.1 Å². The highest BCUT2D eigenvalue weighted by Crippen LogP contribution is 2.04. The zero-order valence-corrected chi connectivity index (χ0v) is 10.1. The predicted octanol–water partition coefficient (Wildman–Crippen LogP) is 2.14. The van der Waals surface area contributed by atoms with Crippen LogP contribution in [0.1, 0.15) is 12.5 Å². The Bertz CT molecular complexity index is 503. The van der Waals surface area contributed by atoms with Crippen molar-refractivity contribution in [1.82, 2.24) is 5.32 Å². The number of allylic oxidation sites excluding steroid dienone is 1. The molecule has 1 aromatic carbocycles. The maximum absolute atomic E-state index is 12.7. The molecule has 0 saturated heterocycles. The van der Waals surface area contributed by atoms with Crippen LogP contribution in [-0.4, -0.2) is 11.7 Å². The van der Waals surface area contributed by atoms with E-state index in [1.807, 2.05) is 0 Å². The number of carbonyl (C=O) groups excluding carboxylic acids is 2. The summed E-state index contributed by atoms with van der Waals surface area (Å²) in [7, 11) is 0. The average Bonchev–Trinajstić information content (AvgIpc) is 2.35. The van der Waals surface area contributed by atoms with E-state index in [2.05, 4.69) is 18.5 Å². The fourth-order valence-electron chi connectivity index (χ4n) is 1.25. The van der Waals surface area contributed by atoms with Crippen molar-refractivity contribution in [3.63, 3.8) is 0 Å². The third-order valence-corrected chi connectivity index (χ3v) is 2.30. The summed E-state index contributed by atoms with van der Waals surface area (Å²) in [5.74, 6) is -1.36. The minimum atomic E-state index is -0.549. The smallest absolute Gasteiger partial charge is 0.254 e. The lowest BCUT2D eigenvalue weighted by Gasteiger charge is -2.07. The Balaban J connectivity index is 2.56. The van der Waals surface area contributed by atoms with Gasteiger partial charge < -0.3 is 5.32 Å². The Morgan fingerprint density at radius 1 is 1.22 bits per heavy atom. The molecule has 0 atom stereocenters. The summed E-state index contributed by atoms with van der Waals surface area (Å²) in [5.41, 5.74) is 0.849. The van der Waals surface area contributed by atoms with Gasteiger partial charge in [-0.3, -0.25) is 9.59 Å². The quantitative estimate of drug-likeness (QED) is 0.492. The maximum atomic E-state index is 12.7.